The van der Waals surface area contributed by atoms with Gasteiger partial charge in [0.2, 0.25) is 10.0 Å². The summed E-state index contributed by atoms with van der Waals surface area (Å²) >= 11 is 1.48. The van der Waals surface area contributed by atoms with Gasteiger partial charge in [0.05, 0.1) is 17.1 Å². The first kappa shape index (κ1) is 23.4. The Balaban J connectivity index is 1.95. The van der Waals surface area contributed by atoms with Crippen molar-refractivity contribution in [1.29, 1.82) is 0 Å². The van der Waals surface area contributed by atoms with E-state index < -0.39 is 10.0 Å². The van der Waals surface area contributed by atoms with Gasteiger partial charge >= 0.3 is 0 Å². The summed E-state index contributed by atoms with van der Waals surface area (Å²) in [5.74, 6) is 1.48. The maximum atomic E-state index is 12.5. The monoisotopic (exact) mass is 441 g/mol. The molecular weight excluding hydrogens is 410 g/mol. The molecule has 0 aromatic carbocycles. The molecule has 0 bridgehead atoms. The molecule has 0 spiro atoms. The van der Waals surface area contributed by atoms with Gasteiger partial charge in [0.15, 0.2) is 5.96 Å². The van der Waals surface area contributed by atoms with Crippen molar-refractivity contribution < 1.29 is 12.9 Å². The standard InChI is InChI=1S/C19H31N5O3S2/c1-6-16-15(17(7-2)27-24-16)12-22-19(20-8-3)21-9-10-23-29(25,26)18-11-13(4)28-14(18)5/h11,23H,6-10,12H2,1-5H3,(H2,20,21,22). The highest BCUT2D eigenvalue weighted by atomic mass is 32.2. The van der Waals surface area contributed by atoms with Crippen LogP contribution in [0.1, 0.15) is 47.5 Å². The van der Waals surface area contributed by atoms with Crippen molar-refractivity contribution in [2.24, 2.45) is 4.99 Å². The van der Waals surface area contributed by atoms with Crippen LogP contribution >= 0.6 is 11.3 Å². The Labute approximate surface area is 177 Å². The average Bonchev–Trinajstić information content (AvgIpc) is 3.24. The number of nitrogens with zero attached hydrogens (tertiary/aromatic N) is 2. The molecule has 29 heavy (non-hydrogen) atoms. The molecule has 0 atom stereocenters. The first-order chi connectivity index (χ1) is 13.8. The fraction of sp³-hybridized carbons (Fsp3) is 0.579. The van der Waals surface area contributed by atoms with Crippen LogP contribution in [0.3, 0.4) is 0 Å². The van der Waals surface area contributed by atoms with Crippen LogP contribution in [0.2, 0.25) is 0 Å². The molecule has 0 saturated carbocycles. The van der Waals surface area contributed by atoms with Gasteiger partial charge in [-0.25, -0.2) is 18.1 Å². The highest BCUT2D eigenvalue weighted by Gasteiger charge is 2.18. The van der Waals surface area contributed by atoms with E-state index in [9.17, 15) is 8.42 Å². The van der Waals surface area contributed by atoms with Crippen molar-refractivity contribution in [2.45, 2.75) is 58.9 Å². The Kier molecular flexibility index (Phi) is 8.66. The molecule has 0 aliphatic heterocycles. The highest BCUT2D eigenvalue weighted by Crippen LogP contribution is 2.24. The van der Waals surface area contributed by atoms with Crippen LogP contribution in [0.4, 0.5) is 0 Å². The number of rotatable bonds is 10. The summed E-state index contributed by atoms with van der Waals surface area (Å²) in [5.41, 5.74) is 1.95. The predicted octanol–water partition coefficient (Wildman–Crippen LogP) is 2.51. The topological polar surface area (TPSA) is 109 Å². The van der Waals surface area contributed by atoms with Crippen molar-refractivity contribution in [2.75, 3.05) is 19.6 Å². The second-order valence-electron chi connectivity index (χ2n) is 6.54. The molecule has 10 heteroatoms. The van der Waals surface area contributed by atoms with E-state index in [1.54, 1.807) is 6.07 Å². The lowest BCUT2D eigenvalue weighted by Crippen LogP contribution is -2.41. The summed E-state index contributed by atoms with van der Waals surface area (Å²) < 4.78 is 33.0. The van der Waals surface area contributed by atoms with Gasteiger partial charge < -0.3 is 15.2 Å². The summed E-state index contributed by atoms with van der Waals surface area (Å²) in [5, 5.41) is 10.4. The number of hydrogen-bond donors (Lipinski definition) is 3. The van der Waals surface area contributed by atoms with E-state index in [0.29, 0.717) is 30.5 Å². The van der Waals surface area contributed by atoms with Crippen molar-refractivity contribution in [3.8, 4) is 0 Å². The summed E-state index contributed by atoms with van der Waals surface area (Å²) in [6.45, 7) is 11.6. The minimum Gasteiger partial charge on any atom is -0.361 e. The van der Waals surface area contributed by atoms with Crippen LogP contribution in [0.5, 0.6) is 0 Å². The molecule has 0 unspecified atom stereocenters. The number of aliphatic imine (C=N–C) groups is 1. The molecule has 2 rings (SSSR count). The van der Waals surface area contributed by atoms with Gasteiger partial charge in [-0.2, -0.15) is 0 Å². The van der Waals surface area contributed by atoms with E-state index in [0.717, 1.165) is 39.6 Å². The zero-order valence-electron chi connectivity index (χ0n) is 17.8. The van der Waals surface area contributed by atoms with Crippen molar-refractivity contribution >= 4 is 27.3 Å². The molecule has 0 radical (unpaired) electrons. The van der Waals surface area contributed by atoms with E-state index in [2.05, 4.69) is 25.5 Å². The fourth-order valence-electron chi connectivity index (χ4n) is 2.93. The molecule has 0 aliphatic carbocycles. The molecule has 162 valence electrons. The maximum absolute atomic E-state index is 12.5. The SMILES string of the molecule is CCNC(=NCc1c(CC)noc1CC)NCCNS(=O)(=O)c1cc(C)sc1C. The molecule has 2 aromatic heterocycles. The third kappa shape index (κ3) is 6.28. The minimum atomic E-state index is -3.51. The van der Waals surface area contributed by atoms with Gasteiger partial charge in [0.1, 0.15) is 5.76 Å². The molecule has 0 fully saturated rings. The summed E-state index contributed by atoms with van der Waals surface area (Å²) in [4.78, 5) is 6.73. The second kappa shape index (κ2) is 10.7. The second-order valence-corrected chi connectivity index (χ2v) is 9.73. The van der Waals surface area contributed by atoms with Crippen molar-refractivity contribution in [3.05, 3.63) is 32.8 Å². The summed E-state index contributed by atoms with van der Waals surface area (Å²) in [7, 11) is -3.51. The lowest BCUT2D eigenvalue weighted by atomic mass is 10.1. The smallest absolute Gasteiger partial charge is 0.241 e. The summed E-state index contributed by atoms with van der Waals surface area (Å²) in [6, 6.07) is 1.71. The lowest BCUT2D eigenvalue weighted by molar-refractivity contribution is 0.380. The van der Waals surface area contributed by atoms with Crippen LogP contribution in [0, 0.1) is 13.8 Å². The Morgan fingerprint density at radius 1 is 1.17 bits per heavy atom. The largest absolute Gasteiger partial charge is 0.361 e. The van der Waals surface area contributed by atoms with Gasteiger partial charge in [0, 0.05) is 41.4 Å². The number of hydrogen-bond acceptors (Lipinski definition) is 6. The van der Waals surface area contributed by atoms with E-state index in [1.165, 1.54) is 11.3 Å². The molecule has 2 aromatic rings. The van der Waals surface area contributed by atoms with E-state index in [4.69, 9.17) is 4.52 Å². The number of aryl methyl sites for hydroxylation is 4. The average molecular weight is 442 g/mol. The lowest BCUT2D eigenvalue weighted by Gasteiger charge is -2.12. The van der Waals surface area contributed by atoms with E-state index in [-0.39, 0.29) is 6.54 Å². The van der Waals surface area contributed by atoms with Crippen LogP contribution in [0.25, 0.3) is 0 Å². The Hall–Kier alpha value is -1.91. The van der Waals surface area contributed by atoms with Gasteiger partial charge in [0.25, 0.3) is 0 Å². The normalized spacial score (nSPS) is 12.4. The third-order valence-corrected chi connectivity index (χ3v) is 7.02. The molecule has 2 heterocycles. The van der Waals surface area contributed by atoms with Crippen molar-refractivity contribution in [3.63, 3.8) is 0 Å². The number of nitrogens with one attached hydrogen (secondary N) is 3. The zero-order chi connectivity index (χ0) is 21.4. The van der Waals surface area contributed by atoms with E-state index in [1.807, 2.05) is 34.6 Å². The number of sulfonamides is 1. The molecule has 3 N–H and O–H groups in total. The quantitative estimate of drug-likeness (QED) is 0.297. The van der Waals surface area contributed by atoms with E-state index >= 15 is 0 Å². The van der Waals surface area contributed by atoms with Gasteiger partial charge in [-0.1, -0.05) is 19.0 Å². The van der Waals surface area contributed by atoms with Crippen LogP contribution in [0.15, 0.2) is 20.5 Å². The van der Waals surface area contributed by atoms with Gasteiger partial charge in [-0.05, 0) is 33.3 Å². The molecule has 8 nitrogen and oxygen atoms in total. The van der Waals surface area contributed by atoms with Crippen LogP contribution in [-0.2, 0) is 29.4 Å². The molecule has 0 amide bonds. The number of thiophene rings is 1. The fourth-order valence-corrected chi connectivity index (χ4v) is 5.52. The van der Waals surface area contributed by atoms with Crippen molar-refractivity contribution in [1.82, 2.24) is 20.5 Å². The molecular formula is C19H31N5O3S2. The Morgan fingerprint density at radius 3 is 2.52 bits per heavy atom. The third-order valence-electron chi connectivity index (χ3n) is 4.34. The van der Waals surface area contributed by atoms with Gasteiger partial charge in [-0.3, -0.25) is 0 Å². The Bertz CT molecular complexity index is 910. The first-order valence-electron chi connectivity index (χ1n) is 9.87. The minimum absolute atomic E-state index is 0.259. The molecule has 0 saturated heterocycles. The predicted molar refractivity (Wildman–Crippen MR) is 117 cm³/mol. The molecule has 0 aliphatic rings. The number of guanidine groups is 1. The van der Waals surface area contributed by atoms with Crippen LogP contribution in [-0.4, -0.2) is 39.2 Å². The zero-order valence-corrected chi connectivity index (χ0v) is 19.4. The van der Waals surface area contributed by atoms with Gasteiger partial charge in [-0.15, -0.1) is 11.3 Å². The Morgan fingerprint density at radius 2 is 1.93 bits per heavy atom. The first-order valence-corrected chi connectivity index (χ1v) is 12.2. The summed E-state index contributed by atoms with van der Waals surface area (Å²) in [6.07, 6.45) is 1.56. The van der Waals surface area contributed by atoms with Crippen LogP contribution < -0.4 is 15.4 Å². The maximum Gasteiger partial charge on any atom is 0.241 e. The number of aromatic nitrogens is 1. The highest BCUT2D eigenvalue weighted by molar-refractivity contribution is 7.89.